The minimum absolute atomic E-state index is 0.0260. The van der Waals surface area contributed by atoms with E-state index in [0.717, 1.165) is 5.56 Å². The van der Waals surface area contributed by atoms with Crippen LogP contribution in [0.4, 0.5) is 0 Å². The molecule has 3 aromatic rings. The summed E-state index contributed by atoms with van der Waals surface area (Å²) in [4.78, 5) is 25.0. The second-order valence-electron chi connectivity index (χ2n) is 6.09. The van der Waals surface area contributed by atoms with Crippen molar-refractivity contribution in [1.82, 2.24) is 9.99 Å². The number of benzene rings is 2. The fourth-order valence-electron chi connectivity index (χ4n) is 2.66. The number of nitrogens with one attached hydrogen (secondary N) is 1. The van der Waals surface area contributed by atoms with E-state index in [9.17, 15) is 14.7 Å². The minimum atomic E-state index is -0.634. The second kappa shape index (κ2) is 9.07. The Balaban J connectivity index is 1.75. The molecule has 0 saturated carbocycles. The third kappa shape index (κ3) is 4.83. The Morgan fingerprint density at radius 3 is 2.72 bits per heavy atom. The number of rotatable bonds is 6. The average Bonchev–Trinajstić information content (AvgIpc) is 2.72. The first kappa shape index (κ1) is 20.2. The van der Waals surface area contributed by atoms with Crippen molar-refractivity contribution in [2.24, 2.45) is 5.10 Å². The summed E-state index contributed by atoms with van der Waals surface area (Å²) in [7, 11) is 1.39. The van der Waals surface area contributed by atoms with Gasteiger partial charge in [-0.25, -0.2) is 5.43 Å². The number of nitrogens with zero attached hydrogens (tertiary/aromatic N) is 2. The zero-order valence-corrected chi connectivity index (χ0v) is 16.3. The normalized spacial score (nSPS) is 10.8. The first-order chi connectivity index (χ1) is 14.0. The van der Waals surface area contributed by atoms with Crippen molar-refractivity contribution < 1.29 is 14.6 Å². The van der Waals surface area contributed by atoms with Gasteiger partial charge < -0.3 is 14.4 Å². The van der Waals surface area contributed by atoms with Crippen molar-refractivity contribution >= 4 is 23.7 Å². The van der Waals surface area contributed by atoms with Gasteiger partial charge in [-0.1, -0.05) is 41.9 Å². The third-order valence-corrected chi connectivity index (χ3v) is 4.40. The lowest BCUT2D eigenvalue weighted by Gasteiger charge is -2.08. The van der Waals surface area contributed by atoms with Crippen molar-refractivity contribution in [3.05, 3.63) is 92.9 Å². The molecule has 0 aliphatic rings. The van der Waals surface area contributed by atoms with E-state index < -0.39 is 11.5 Å². The molecule has 2 N–H and O–H groups in total. The fraction of sp³-hybridized carbons (Fsp3) is 0.0952. The molecular formula is C21H18ClN3O4. The summed E-state index contributed by atoms with van der Waals surface area (Å²) in [5, 5.41) is 13.7. The van der Waals surface area contributed by atoms with Gasteiger partial charge in [0.25, 0.3) is 11.5 Å². The number of halogens is 1. The van der Waals surface area contributed by atoms with Gasteiger partial charge in [0.15, 0.2) is 11.5 Å². The van der Waals surface area contributed by atoms with Gasteiger partial charge in [-0.05, 0) is 35.4 Å². The molecule has 1 heterocycles. The predicted molar refractivity (Wildman–Crippen MR) is 111 cm³/mol. The second-order valence-corrected chi connectivity index (χ2v) is 6.50. The number of hydrogen-bond acceptors (Lipinski definition) is 5. The van der Waals surface area contributed by atoms with Gasteiger partial charge in [0.2, 0.25) is 0 Å². The van der Waals surface area contributed by atoms with Crippen LogP contribution in [-0.2, 0) is 6.54 Å². The van der Waals surface area contributed by atoms with Gasteiger partial charge >= 0.3 is 0 Å². The Hall–Kier alpha value is -3.58. The van der Waals surface area contributed by atoms with E-state index in [2.05, 4.69) is 10.5 Å². The number of hydrogen-bond donors (Lipinski definition) is 2. The molecule has 1 aromatic heterocycles. The molecule has 148 valence electrons. The standard InChI is InChI=1S/C21H18ClN3O4/c1-29-18-11-15(10-17(22)19(18)26)12-23-24-20(27)16-8-5-9-25(21(16)28)13-14-6-3-2-4-7-14/h2-12,26H,13H2,1H3,(H,24,27)/b23-12-. The number of carbonyl (C=O) groups is 1. The Morgan fingerprint density at radius 1 is 1.24 bits per heavy atom. The van der Waals surface area contributed by atoms with Crippen molar-refractivity contribution in [2.45, 2.75) is 6.54 Å². The van der Waals surface area contributed by atoms with Gasteiger partial charge in [-0.3, -0.25) is 9.59 Å². The van der Waals surface area contributed by atoms with Gasteiger partial charge in [0.1, 0.15) is 5.56 Å². The Kier molecular flexibility index (Phi) is 6.31. The maximum atomic E-state index is 12.6. The maximum Gasteiger partial charge on any atom is 0.276 e. The van der Waals surface area contributed by atoms with Crippen LogP contribution in [0, 0.1) is 0 Å². The number of methoxy groups -OCH3 is 1. The number of ether oxygens (including phenoxy) is 1. The number of aromatic nitrogens is 1. The fourth-order valence-corrected chi connectivity index (χ4v) is 2.88. The van der Waals surface area contributed by atoms with Crippen molar-refractivity contribution in [3.63, 3.8) is 0 Å². The summed E-state index contributed by atoms with van der Waals surface area (Å²) < 4.78 is 6.47. The van der Waals surface area contributed by atoms with Crippen molar-refractivity contribution in [1.29, 1.82) is 0 Å². The van der Waals surface area contributed by atoms with Crippen LogP contribution in [0.5, 0.6) is 11.5 Å². The lowest BCUT2D eigenvalue weighted by molar-refractivity contribution is 0.0953. The van der Waals surface area contributed by atoms with E-state index in [1.54, 1.807) is 12.3 Å². The Morgan fingerprint density at radius 2 is 2.00 bits per heavy atom. The molecule has 2 aromatic carbocycles. The van der Waals surface area contributed by atoms with Gasteiger partial charge in [0, 0.05) is 6.20 Å². The van der Waals surface area contributed by atoms with E-state index in [4.69, 9.17) is 16.3 Å². The van der Waals surface area contributed by atoms with E-state index in [1.165, 1.54) is 36.1 Å². The Labute approximate surface area is 171 Å². The minimum Gasteiger partial charge on any atom is -0.503 e. The van der Waals surface area contributed by atoms with Crippen LogP contribution in [0.1, 0.15) is 21.5 Å². The molecule has 0 aliphatic carbocycles. The van der Waals surface area contributed by atoms with Crippen LogP contribution in [0.3, 0.4) is 0 Å². The van der Waals surface area contributed by atoms with Gasteiger partial charge in [0.05, 0.1) is 24.9 Å². The highest BCUT2D eigenvalue weighted by atomic mass is 35.5. The molecule has 0 unspecified atom stereocenters. The number of phenols is 1. The number of aromatic hydroxyl groups is 1. The molecule has 0 saturated heterocycles. The zero-order valence-electron chi connectivity index (χ0n) is 15.5. The van der Waals surface area contributed by atoms with E-state index in [0.29, 0.717) is 12.1 Å². The summed E-state index contributed by atoms with van der Waals surface area (Å²) in [6.45, 7) is 0.357. The number of phenolic OH excluding ortho intramolecular Hbond substituents is 1. The summed E-state index contributed by atoms with van der Waals surface area (Å²) in [6, 6.07) is 15.5. The first-order valence-corrected chi connectivity index (χ1v) is 9.00. The van der Waals surface area contributed by atoms with Crippen LogP contribution in [0.2, 0.25) is 5.02 Å². The SMILES string of the molecule is COc1cc(/C=N\NC(=O)c2cccn(Cc3ccccc3)c2=O)cc(Cl)c1O. The summed E-state index contributed by atoms with van der Waals surface area (Å²) in [6.07, 6.45) is 2.96. The molecule has 7 nitrogen and oxygen atoms in total. The first-order valence-electron chi connectivity index (χ1n) is 8.63. The molecule has 0 aliphatic heterocycles. The summed E-state index contributed by atoms with van der Waals surface area (Å²) in [5.41, 5.74) is 3.32. The average molecular weight is 412 g/mol. The topological polar surface area (TPSA) is 92.9 Å². The maximum absolute atomic E-state index is 12.6. The quantitative estimate of drug-likeness (QED) is 0.481. The van der Waals surface area contributed by atoms with Gasteiger partial charge in [-0.2, -0.15) is 5.10 Å². The summed E-state index contributed by atoms with van der Waals surface area (Å²) in [5.74, 6) is -0.638. The lowest BCUT2D eigenvalue weighted by atomic mass is 10.2. The summed E-state index contributed by atoms with van der Waals surface area (Å²) >= 11 is 5.92. The predicted octanol–water partition coefficient (Wildman–Crippen LogP) is 3.03. The molecule has 0 fully saturated rings. The highest BCUT2D eigenvalue weighted by Gasteiger charge is 2.12. The van der Waals surface area contributed by atoms with Crippen LogP contribution in [-0.4, -0.2) is 28.9 Å². The number of amides is 1. The van der Waals surface area contributed by atoms with Crippen LogP contribution in [0.15, 0.2) is 70.7 Å². The number of carbonyl (C=O) groups excluding carboxylic acids is 1. The number of hydrazone groups is 1. The highest BCUT2D eigenvalue weighted by molar-refractivity contribution is 6.32. The molecule has 0 bridgehead atoms. The molecule has 8 heteroatoms. The monoisotopic (exact) mass is 411 g/mol. The van der Waals surface area contributed by atoms with E-state index >= 15 is 0 Å². The molecule has 0 atom stereocenters. The molecule has 1 amide bonds. The van der Waals surface area contributed by atoms with Crippen LogP contribution in [0.25, 0.3) is 0 Å². The molecule has 3 rings (SSSR count). The van der Waals surface area contributed by atoms with Crippen molar-refractivity contribution in [3.8, 4) is 11.5 Å². The highest BCUT2D eigenvalue weighted by Crippen LogP contribution is 2.34. The van der Waals surface area contributed by atoms with Crippen molar-refractivity contribution in [2.75, 3.05) is 7.11 Å². The largest absolute Gasteiger partial charge is 0.503 e. The molecule has 29 heavy (non-hydrogen) atoms. The molecule has 0 radical (unpaired) electrons. The smallest absolute Gasteiger partial charge is 0.276 e. The molecule has 0 spiro atoms. The third-order valence-electron chi connectivity index (χ3n) is 4.11. The van der Waals surface area contributed by atoms with Crippen LogP contribution < -0.4 is 15.7 Å². The van der Waals surface area contributed by atoms with E-state index in [1.807, 2.05) is 30.3 Å². The zero-order chi connectivity index (χ0) is 20.8. The Bertz CT molecular complexity index is 1110. The molecular weight excluding hydrogens is 394 g/mol. The van der Waals surface area contributed by atoms with Gasteiger partial charge in [-0.15, -0.1) is 0 Å². The number of pyridine rings is 1. The van der Waals surface area contributed by atoms with Crippen LogP contribution >= 0.6 is 11.6 Å². The van der Waals surface area contributed by atoms with E-state index in [-0.39, 0.29) is 22.1 Å². The lowest BCUT2D eigenvalue weighted by Crippen LogP contribution is -2.30.